The van der Waals surface area contributed by atoms with E-state index in [-0.39, 0.29) is 0 Å². The third-order valence-corrected chi connectivity index (χ3v) is 5.55. The molecule has 1 saturated heterocycles. The summed E-state index contributed by atoms with van der Waals surface area (Å²) in [5, 5.41) is 5.49. The summed E-state index contributed by atoms with van der Waals surface area (Å²) in [6.07, 6.45) is 0.826. The quantitative estimate of drug-likeness (QED) is 0.570. The number of carbonyl (C=O) groups excluding carboxylic acids is 2. The van der Waals surface area contributed by atoms with Crippen molar-refractivity contribution in [1.29, 1.82) is 0 Å². The molecule has 1 fully saturated rings. The first-order valence-electron chi connectivity index (χ1n) is 10.6. The molecular formula is C24H32N4O2. The Kier molecular flexibility index (Phi) is 7.46. The van der Waals surface area contributed by atoms with E-state index in [1.54, 1.807) is 0 Å². The fraction of sp³-hybridized carbons (Fsp3) is 0.417. The smallest absolute Gasteiger partial charge is 0.313 e. The van der Waals surface area contributed by atoms with E-state index in [2.05, 4.69) is 44.7 Å². The van der Waals surface area contributed by atoms with Gasteiger partial charge in [0.15, 0.2) is 0 Å². The third-order valence-electron chi connectivity index (χ3n) is 5.55. The third kappa shape index (κ3) is 5.83. The molecule has 1 aliphatic heterocycles. The topological polar surface area (TPSA) is 64.7 Å². The fourth-order valence-electron chi connectivity index (χ4n) is 4.00. The highest BCUT2D eigenvalue weighted by molar-refractivity contribution is 6.39. The SMILES string of the molecule is Cc1cc(C)c(NC(=O)C(=O)NCCCN2CCN(c3ccccc3)CC2)c(C)c1. The number of aryl methyl sites for hydroxylation is 3. The van der Waals surface area contributed by atoms with E-state index >= 15 is 0 Å². The summed E-state index contributed by atoms with van der Waals surface area (Å²) in [6.45, 7) is 11.3. The Bertz CT molecular complexity index is 851. The minimum atomic E-state index is -0.610. The van der Waals surface area contributed by atoms with Crippen molar-refractivity contribution in [2.45, 2.75) is 27.2 Å². The second-order valence-corrected chi connectivity index (χ2v) is 8.00. The average Bonchev–Trinajstić information content (AvgIpc) is 2.74. The van der Waals surface area contributed by atoms with Crippen LogP contribution in [0.1, 0.15) is 23.1 Å². The lowest BCUT2D eigenvalue weighted by Crippen LogP contribution is -2.47. The van der Waals surface area contributed by atoms with Crippen LogP contribution in [-0.4, -0.2) is 56.0 Å². The summed E-state index contributed by atoms with van der Waals surface area (Å²) in [5.41, 5.74) is 5.05. The van der Waals surface area contributed by atoms with Crippen molar-refractivity contribution in [3.8, 4) is 0 Å². The van der Waals surface area contributed by atoms with E-state index in [1.165, 1.54) is 5.69 Å². The van der Waals surface area contributed by atoms with Crippen molar-refractivity contribution in [1.82, 2.24) is 10.2 Å². The monoisotopic (exact) mass is 408 g/mol. The van der Waals surface area contributed by atoms with Gasteiger partial charge in [-0.1, -0.05) is 35.9 Å². The van der Waals surface area contributed by atoms with Gasteiger partial charge in [-0.25, -0.2) is 0 Å². The Morgan fingerprint density at radius 1 is 0.900 bits per heavy atom. The second-order valence-electron chi connectivity index (χ2n) is 8.00. The molecule has 2 N–H and O–H groups in total. The van der Waals surface area contributed by atoms with E-state index < -0.39 is 11.8 Å². The van der Waals surface area contributed by atoms with Gasteiger partial charge >= 0.3 is 11.8 Å². The molecule has 6 nitrogen and oxygen atoms in total. The zero-order chi connectivity index (χ0) is 21.5. The van der Waals surface area contributed by atoms with E-state index in [4.69, 9.17) is 0 Å². The highest BCUT2D eigenvalue weighted by Crippen LogP contribution is 2.21. The number of nitrogens with zero attached hydrogens (tertiary/aromatic N) is 2. The summed E-state index contributed by atoms with van der Waals surface area (Å²) in [4.78, 5) is 29.2. The number of benzene rings is 2. The second kappa shape index (κ2) is 10.3. The van der Waals surface area contributed by atoms with Crippen LogP contribution in [0.3, 0.4) is 0 Å². The highest BCUT2D eigenvalue weighted by Gasteiger charge is 2.18. The van der Waals surface area contributed by atoms with Crippen molar-refractivity contribution in [2.24, 2.45) is 0 Å². The van der Waals surface area contributed by atoms with Gasteiger partial charge in [-0.05, 0) is 57.0 Å². The number of carbonyl (C=O) groups is 2. The van der Waals surface area contributed by atoms with Crippen LogP contribution in [0.5, 0.6) is 0 Å². The first-order valence-corrected chi connectivity index (χ1v) is 10.6. The van der Waals surface area contributed by atoms with Crippen LogP contribution < -0.4 is 15.5 Å². The van der Waals surface area contributed by atoms with Gasteiger partial charge in [0.25, 0.3) is 0 Å². The predicted molar refractivity (Wildman–Crippen MR) is 122 cm³/mol. The summed E-state index contributed by atoms with van der Waals surface area (Å²) >= 11 is 0. The van der Waals surface area contributed by atoms with Crippen LogP contribution in [-0.2, 0) is 9.59 Å². The number of rotatable bonds is 6. The molecule has 1 aliphatic rings. The fourth-order valence-corrected chi connectivity index (χ4v) is 4.00. The molecule has 0 radical (unpaired) electrons. The number of hydrogen-bond acceptors (Lipinski definition) is 4. The van der Waals surface area contributed by atoms with Gasteiger partial charge in [-0.3, -0.25) is 14.5 Å². The molecule has 0 aromatic heterocycles. The van der Waals surface area contributed by atoms with Crippen LogP contribution in [0.4, 0.5) is 11.4 Å². The standard InChI is InChI=1S/C24H32N4O2/c1-18-16-19(2)22(20(3)17-18)26-24(30)23(29)25-10-7-11-27-12-14-28(15-13-27)21-8-5-4-6-9-21/h4-6,8-9,16-17H,7,10-15H2,1-3H3,(H,25,29)(H,26,30). The molecule has 160 valence electrons. The molecule has 0 aliphatic carbocycles. The van der Waals surface area contributed by atoms with Crippen molar-refractivity contribution in [3.05, 3.63) is 59.2 Å². The van der Waals surface area contributed by atoms with Crippen LogP contribution in [0, 0.1) is 20.8 Å². The van der Waals surface area contributed by atoms with Gasteiger partial charge in [-0.2, -0.15) is 0 Å². The van der Waals surface area contributed by atoms with Gasteiger partial charge in [0.05, 0.1) is 0 Å². The first-order chi connectivity index (χ1) is 14.4. The normalized spacial score (nSPS) is 14.4. The Morgan fingerprint density at radius 2 is 1.53 bits per heavy atom. The summed E-state index contributed by atoms with van der Waals surface area (Å²) in [5.74, 6) is -1.19. The minimum absolute atomic E-state index is 0.497. The van der Waals surface area contributed by atoms with Gasteiger partial charge in [0.1, 0.15) is 0 Å². The number of nitrogens with one attached hydrogen (secondary N) is 2. The van der Waals surface area contributed by atoms with E-state index in [0.29, 0.717) is 6.54 Å². The molecule has 0 saturated carbocycles. The molecule has 1 heterocycles. The molecule has 2 aromatic rings. The largest absolute Gasteiger partial charge is 0.369 e. The van der Waals surface area contributed by atoms with Gasteiger partial charge in [0.2, 0.25) is 0 Å². The van der Waals surface area contributed by atoms with Crippen LogP contribution in [0.25, 0.3) is 0 Å². The van der Waals surface area contributed by atoms with E-state index in [0.717, 1.165) is 61.5 Å². The number of anilines is 2. The van der Waals surface area contributed by atoms with E-state index in [9.17, 15) is 9.59 Å². The van der Waals surface area contributed by atoms with Gasteiger partial charge < -0.3 is 15.5 Å². The van der Waals surface area contributed by atoms with Crippen molar-refractivity contribution in [2.75, 3.05) is 49.5 Å². The summed E-state index contributed by atoms with van der Waals surface area (Å²) < 4.78 is 0. The lowest BCUT2D eigenvalue weighted by atomic mass is 10.1. The predicted octanol–water partition coefficient (Wildman–Crippen LogP) is 2.88. The maximum absolute atomic E-state index is 12.2. The Labute approximate surface area is 179 Å². The molecule has 3 rings (SSSR count). The molecule has 6 heteroatoms. The highest BCUT2D eigenvalue weighted by atomic mass is 16.2. The molecule has 2 aromatic carbocycles. The van der Waals surface area contributed by atoms with Crippen LogP contribution in [0.15, 0.2) is 42.5 Å². The van der Waals surface area contributed by atoms with Crippen molar-refractivity contribution < 1.29 is 9.59 Å². The molecule has 0 bridgehead atoms. The number of amides is 2. The average molecular weight is 409 g/mol. The molecule has 0 unspecified atom stereocenters. The van der Waals surface area contributed by atoms with Crippen LogP contribution >= 0.6 is 0 Å². The molecule has 0 spiro atoms. The number of para-hydroxylation sites is 1. The Morgan fingerprint density at radius 3 is 2.17 bits per heavy atom. The summed E-state index contributed by atoms with van der Waals surface area (Å²) in [7, 11) is 0. The van der Waals surface area contributed by atoms with Crippen molar-refractivity contribution in [3.63, 3.8) is 0 Å². The van der Waals surface area contributed by atoms with Crippen molar-refractivity contribution >= 4 is 23.2 Å². The zero-order valence-electron chi connectivity index (χ0n) is 18.2. The lowest BCUT2D eigenvalue weighted by molar-refractivity contribution is -0.136. The Balaban J connectivity index is 1.36. The maximum Gasteiger partial charge on any atom is 0.313 e. The van der Waals surface area contributed by atoms with Gasteiger partial charge in [0, 0.05) is 44.1 Å². The first kappa shape index (κ1) is 21.8. The number of piperazine rings is 1. The molecular weight excluding hydrogens is 376 g/mol. The van der Waals surface area contributed by atoms with E-state index in [1.807, 2.05) is 39.0 Å². The molecule has 30 heavy (non-hydrogen) atoms. The summed E-state index contributed by atoms with van der Waals surface area (Å²) in [6, 6.07) is 14.5. The number of hydrogen-bond donors (Lipinski definition) is 2. The lowest BCUT2D eigenvalue weighted by Gasteiger charge is -2.36. The van der Waals surface area contributed by atoms with Gasteiger partial charge in [-0.15, -0.1) is 0 Å². The zero-order valence-corrected chi connectivity index (χ0v) is 18.2. The van der Waals surface area contributed by atoms with Crippen LogP contribution in [0.2, 0.25) is 0 Å². The Hall–Kier alpha value is -2.86. The molecule has 2 amide bonds. The minimum Gasteiger partial charge on any atom is -0.369 e. The molecule has 0 atom stereocenters. The maximum atomic E-state index is 12.2.